The minimum absolute atomic E-state index is 0.130. The molecule has 5 rings (SSSR count). The number of fused-ring (bicyclic) bond motifs is 1. The molecular formula is C25H16F2N2O4S. The van der Waals surface area contributed by atoms with Gasteiger partial charge in [0, 0.05) is 5.56 Å². The van der Waals surface area contributed by atoms with Crippen LogP contribution in [0.15, 0.2) is 72.3 Å². The van der Waals surface area contributed by atoms with E-state index in [0.717, 1.165) is 16.2 Å². The molecule has 1 aliphatic rings. The molecule has 34 heavy (non-hydrogen) atoms. The molecule has 1 aliphatic heterocycles. The van der Waals surface area contributed by atoms with Gasteiger partial charge < -0.3 is 9.84 Å². The van der Waals surface area contributed by atoms with E-state index in [1.165, 1.54) is 43.5 Å². The number of halogens is 2. The molecule has 170 valence electrons. The van der Waals surface area contributed by atoms with Crippen LogP contribution in [0, 0.1) is 11.6 Å². The Kier molecular flexibility index (Phi) is 5.33. The number of thiazole rings is 1. The number of aliphatic hydroxyl groups is 1. The van der Waals surface area contributed by atoms with E-state index < -0.39 is 35.1 Å². The van der Waals surface area contributed by atoms with E-state index in [9.17, 15) is 23.5 Å². The summed E-state index contributed by atoms with van der Waals surface area (Å²) in [5.41, 5.74) is 0.800. The SMILES string of the molecule is COc1ccc(/C(O)=C2\C(=O)C(=O)N(c3nc4ccc(F)cc4s3)[C@H]2c2cccc(F)c2)cc1. The van der Waals surface area contributed by atoms with Crippen molar-refractivity contribution in [1.29, 1.82) is 0 Å². The summed E-state index contributed by atoms with van der Waals surface area (Å²) >= 11 is 1.02. The second kappa shape index (κ2) is 8.35. The van der Waals surface area contributed by atoms with Gasteiger partial charge in [-0.2, -0.15) is 0 Å². The fraction of sp³-hybridized carbons (Fsp3) is 0.0800. The largest absolute Gasteiger partial charge is 0.507 e. The van der Waals surface area contributed by atoms with Gasteiger partial charge in [-0.15, -0.1) is 0 Å². The molecular weight excluding hydrogens is 462 g/mol. The lowest BCUT2D eigenvalue weighted by Gasteiger charge is -2.23. The number of amides is 1. The summed E-state index contributed by atoms with van der Waals surface area (Å²) in [7, 11) is 1.49. The number of hydrogen-bond acceptors (Lipinski definition) is 6. The van der Waals surface area contributed by atoms with Gasteiger partial charge in [-0.25, -0.2) is 13.8 Å². The highest BCUT2D eigenvalue weighted by Crippen LogP contribution is 2.44. The van der Waals surface area contributed by atoms with E-state index in [2.05, 4.69) is 4.98 Å². The molecule has 0 saturated carbocycles. The number of aromatic nitrogens is 1. The Bertz CT molecular complexity index is 1480. The monoisotopic (exact) mass is 478 g/mol. The summed E-state index contributed by atoms with van der Waals surface area (Å²) in [4.78, 5) is 31.8. The third kappa shape index (κ3) is 3.60. The van der Waals surface area contributed by atoms with Crippen molar-refractivity contribution in [3.63, 3.8) is 0 Å². The molecule has 1 saturated heterocycles. The molecule has 1 atom stereocenters. The fourth-order valence-corrected chi connectivity index (χ4v) is 4.93. The number of hydrogen-bond donors (Lipinski definition) is 1. The molecule has 1 N–H and O–H groups in total. The average Bonchev–Trinajstić information content (AvgIpc) is 3.36. The van der Waals surface area contributed by atoms with E-state index in [0.29, 0.717) is 16.0 Å². The molecule has 9 heteroatoms. The van der Waals surface area contributed by atoms with Gasteiger partial charge in [0.05, 0.1) is 28.9 Å². The predicted molar refractivity (Wildman–Crippen MR) is 124 cm³/mol. The van der Waals surface area contributed by atoms with E-state index in [1.54, 1.807) is 30.3 Å². The number of anilines is 1. The Morgan fingerprint density at radius 1 is 1.03 bits per heavy atom. The van der Waals surface area contributed by atoms with Crippen molar-refractivity contribution in [3.05, 3.63) is 95.1 Å². The number of Topliss-reactive ketones (excluding diaryl/α,β-unsaturated/α-hetero) is 1. The highest BCUT2D eigenvalue weighted by atomic mass is 32.1. The van der Waals surface area contributed by atoms with Gasteiger partial charge in [-0.3, -0.25) is 14.5 Å². The molecule has 0 radical (unpaired) electrons. The van der Waals surface area contributed by atoms with Crippen molar-refractivity contribution in [2.45, 2.75) is 6.04 Å². The highest BCUT2D eigenvalue weighted by molar-refractivity contribution is 7.22. The molecule has 0 spiro atoms. The maximum absolute atomic E-state index is 14.2. The molecule has 3 aromatic carbocycles. The first-order chi connectivity index (χ1) is 16.4. The van der Waals surface area contributed by atoms with Crippen LogP contribution in [0.3, 0.4) is 0 Å². The summed E-state index contributed by atoms with van der Waals surface area (Å²) in [5.74, 6) is -2.77. The van der Waals surface area contributed by atoms with Crippen molar-refractivity contribution < 1.29 is 28.2 Å². The van der Waals surface area contributed by atoms with Crippen molar-refractivity contribution >= 4 is 44.1 Å². The first-order valence-electron chi connectivity index (χ1n) is 10.1. The normalized spacial score (nSPS) is 17.5. The molecule has 0 unspecified atom stereocenters. The number of benzene rings is 3. The van der Waals surface area contributed by atoms with Crippen LogP contribution in [0.4, 0.5) is 13.9 Å². The number of ether oxygens (including phenoxy) is 1. The van der Waals surface area contributed by atoms with Crippen molar-refractivity contribution in [2.24, 2.45) is 0 Å². The second-order valence-electron chi connectivity index (χ2n) is 7.56. The van der Waals surface area contributed by atoms with Crippen molar-refractivity contribution in [1.82, 2.24) is 4.98 Å². The molecule has 0 bridgehead atoms. The molecule has 6 nitrogen and oxygen atoms in total. The lowest BCUT2D eigenvalue weighted by atomic mass is 9.95. The van der Waals surface area contributed by atoms with Crippen LogP contribution in [0.2, 0.25) is 0 Å². The van der Waals surface area contributed by atoms with Crippen LogP contribution in [0.1, 0.15) is 17.2 Å². The average molecular weight is 478 g/mol. The summed E-state index contributed by atoms with van der Waals surface area (Å²) in [5, 5.41) is 11.2. The van der Waals surface area contributed by atoms with Gasteiger partial charge in [-0.1, -0.05) is 23.5 Å². The molecule has 2 heterocycles. The molecule has 4 aromatic rings. The smallest absolute Gasteiger partial charge is 0.301 e. The Morgan fingerprint density at radius 3 is 2.47 bits per heavy atom. The first-order valence-corrected chi connectivity index (χ1v) is 11.0. The van der Waals surface area contributed by atoms with E-state index >= 15 is 0 Å². The van der Waals surface area contributed by atoms with Crippen LogP contribution < -0.4 is 9.64 Å². The van der Waals surface area contributed by atoms with Gasteiger partial charge >= 0.3 is 5.91 Å². The van der Waals surface area contributed by atoms with E-state index in [4.69, 9.17) is 4.74 Å². The van der Waals surface area contributed by atoms with Gasteiger partial charge in [0.25, 0.3) is 5.78 Å². The third-order valence-electron chi connectivity index (χ3n) is 5.52. The van der Waals surface area contributed by atoms with E-state index in [1.807, 2.05) is 0 Å². The lowest BCUT2D eigenvalue weighted by Crippen LogP contribution is -2.29. The number of nitrogens with zero attached hydrogens (tertiary/aromatic N) is 2. The van der Waals surface area contributed by atoms with Crippen LogP contribution in [-0.4, -0.2) is 28.9 Å². The molecule has 1 aromatic heterocycles. The summed E-state index contributed by atoms with van der Waals surface area (Å²) < 4.78 is 33.5. The van der Waals surface area contributed by atoms with Gasteiger partial charge in [-0.05, 0) is 60.2 Å². The molecule has 0 aliphatic carbocycles. The number of rotatable bonds is 4. The van der Waals surface area contributed by atoms with Crippen LogP contribution in [0.25, 0.3) is 16.0 Å². The number of aliphatic hydroxyl groups excluding tert-OH is 1. The van der Waals surface area contributed by atoms with E-state index in [-0.39, 0.29) is 21.8 Å². The Hall–Kier alpha value is -4.11. The quantitative estimate of drug-likeness (QED) is 0.248. The number of methoxy groups -OCH3 is 1. The van der Waals surface area contributed by atoms with Crippen molar-refractivity contribution in [2.75, 3.05) is 12.0 Å². The number of carbonyl (C=O) groups excluding carboxylic acids is 2. The summed E-state index contributed by atoms with van der Waals surface area (Å²) in [6, 6.07) is 14.6. The Balaban J connectivity index is 1.72. The zero-order valence-corrected chi connectivity index (χ0v) is 18.5. The Morgan fingerprint density at radius 2 is 1.76 bits per heavy atom. The zero-order valence-electron chi connectivity index (χ0n) is 17.7. The lowest BCUT2D eigenvalue weighted by molar-refractivity contribution is -0.132. The predicted octanol–water partition coefficient (Wildman–Crippen LogP) is 5.21. The summed E-state index contributed by atoms with van der Waals surface area (Å²) in [6.07, 6.45) is 0. The summed E-state index contributed by atoms with van der Waals surface area (Å²) in [6.45, 7) is 0. The van der Waals surface area contributed by atoms with Gasteiger partial charge in [0.2, 0.25) is 0 Å². The molecule has 1 fully saturated rings. The highest BCUT2D eigenvalue weighted by Gasteiger charge is 2.48. The number of ketones is 1. The minimum Gasteiger partial charge on any atom is -0.507 e. The van der Waals surface area contributed by atoms with Gasteiger partial charge in [0.15, 0.2) is 5.13 Å². The topological polar surface area (TPSA) is 79.7 Å². The van der Waals surface area contributed by atoms with Gasteiger partial charge in [0.1, 0.15) is 23.1 Å². The molecule has 1 amide bonds. The Labute approximate surface area is 196 Å². The standard InChI is InChI=1S/C25H16F2N2O4S/c1-33-17-8-5-13(6-9-17)22(30)20-21(14-3-2-4-15(26)11-14)29(24(32)23(20)31)25-28-18-10-7-16(27)12-19(18)34-25/h2-12,21,30H,1H3/b22-20+/t21-/m0/s1. The third-order valence-corrected chi connectivity index (χ3v) is 6.54. The maximum Gasteiger partial charge on any atom is 0.301 e. The fourth-order valence-electron chi connectivity index (χ4n) is 3.92. The second-order valence-corrected chi connectivity index (χ2v) is 8.57. The first kappa shape index (κ1) is 21.7. The van der Waals surface area contributed by atoms with Crippen LogP contribution >= 0.6 is 11.3 Å². The zero-order chi connectivity index (χ0) is 24.0. The van der Waals surface area contributed by atoms with Crippen LogP contribution in [0.5, 0.6) is 5.75 Å². The minimum atomic E-state index is -1.14. The van der Waals surface area contributed by atoms with Crippen molar-refractivity contribution in [3.8, 4) is 5.75 Å². The number of carbonyl (C=O) groups is 2. The van der Waals surface area contributed by atoms with Crippen LogP contribution in [-0.2, 0) is 9.59 Å². The maximum atomic E-state index is 14.2.